The lowest BCUT2D eigenvalue weighted by Crippen LogP contribution is -2.04. The molecular weight excluding hydrogens is 404 g/mol. The summed E-state index contributed by atoms with van der Waals surface area (Å²) in [6.45, 7) is 0.587. The number of rotatable bonds is 2. The zero-order valence-electron chi connectivity index (χ0n) is 16.5. The first-order valence-electron chi connectivity index (χ1n) is 10.1. The van der Waals surface area contributed by atoms with Crippen molar-refractivity contribution in [2.45, 2.75) is 32.1 Å². The van der Waals surface area contributed by atoms with E-state index in [0.29, 0.717) is 29.9 Å². The molecule has 0 radical (unpaired) electrons. The second-order valence-electron chi connectivity index (χ2n) is 7.32. The van der Waals surface area contributed by atoms with E-state index < -0.39 is 5.82 Å². The summed E-state index contributed by atoms with van der Waals surface area (Å²) in [7, 11) is 0. The maximum atomic E-state index is 14.5. The van der Waals surface area contributed by atoms with Crippen LogP contribution in [0.25, 0.3) is 11.3 Å². The van der Waals surface area contributed by atoms with E-state index in [2.05, 4.69) is 27.9 Å². The highest BCUT2D eigenvalue weighted by atomic mass is 32.1. The van der Waals surface area contributed by atoms with Gasteiger partial charge in [0, 0.05) is 17.3 Å². The number of benzene rings is 2. The molecule has 7 heteroatoms. The molecule has 30 heavy (non-hydrogen) atoms. The Morgan fingerprint density at radius 1 is 1.03 bits per heavy atom. The van der Waals surface area contributed by atoms with Crippen LogP contribution in [0.3, 0.4) is 0 Å². The quantitative estimate of drug-likeness (QED) is 0.512. The van der Waals surface area contributed by atoms with Crippen molar-refractivity contribution in [2.75, 3.05) is 17.7 Å². The molecule has 0 fully saturated rings. The summed E-state index contributed by atoms with van der Waals surface area (Å²) < 4.78 is 34.7. The van der Waals surface area contributed by atoms with Crippen LogP contribution in [0.2, 0.25) is 0 Å². The summed E-state index contributed by atoms with van der Waals surface area (Å²) >= 11 is 4.32. The van der Waals surface area contributed by atoms with E-state index in [9.17, 15) is 8.78 Å². The number of hydrogen-bond donors (Lipinski definition) is 2. The average Bonchev–Trinajstić information content (AvgIpc) is 2.73. The molecule has 0 amide bonds. The van der Waals surface area contributed by atoms with Crippen LogP contribution in [-0.4, -0.2) is 22.3 Å². The molecule has 6 bridgehead atoms. The molecule has 3 aromatic rings. The van der Waals surface area contributed by atoms with E-state index in [1.165, 1.54) is 6.07 Å². The number of thiol groups is 1. The van der Waals surface area contributed by atoms with Gasteiger partial charge in [-0.25, -0.2) is 18.7 Å². The molecule has 0 saturated heterocycles. The Labute approximate surface area is 180 Å². The SMILES string of the molecule is Fc1ccc2cc1CCCCCOc1cc(CCS)cc(c1)Nc1ncc(F)c-2n1. The van der Waals surface area contributed by atoms with E-state index in [0.717, 1.165) is 48.9 Å². The number of ether oxygens (including phenoxy) is 1. The number of fused-ring (bicyclic) bond motifs is 7. The number of anilines is 2. The van der Waals surface area contributed by atoms with Crippen LogP contribution in [0, 0.1) is 11.6 Å². The van der Waals surface area contributed by atoms with Gasteiger partial charge < -0.3 is 10.1 Å². The van der Waals surface area contributed by atoms with Crippen molar-refractivity contribution in [2.24, 2.45) is 0 Å². The van der Waals surface area contributed by atoms with Crippen molar-refractivity contribution >= 4 is 24.3 Å². The number of halogens is 2. The average molecular weight is 428 g/mol. The van der Waals surface area contributed by atoms with Crippen molar-refractivity contribution < 1.29 is 13.5 Å². The number of aryl methyl sites for hydroxylation is 2. The molecule has 0 unspecified atom stereocenters. The van der Waals surface area contributed by atoms with Crippen molar-refractivity contribution in [3.8, 4) is 17.0 Å². The van der Waals surface area contributed by atoms with Crippen LogP contribution in [0.4, 0.5) is 20.4 Å². The topological polar surface area (TPSA) is 47.0 Å². The first-order valence-corrected chi connectivity index (χ1v) is 10.7. The molecule has 1 N–H and O–H groups in total. The molecule has 4 nitrogen and oxygen atoms in total. The fourth-order valence-corrected chi connectivity index (χ4v) is 3.80. The molecule has 2 heterocycles. The fraction of sp³-hybridized carbons (Fsp3) is 0.304. The first kappa shape index (κ1) is 20.6. The van der Waals surface area contributed by atoms with Crippen LogP contribution in [-0.2, 0) is 12.8 Å². The minimum atomic E-state index is -0.549. The lowest BCUT2D eigenvalue weighted by Gasteiger charge is -2.14. The van der Waals surface area contributed by atoms with E-state index >= 15 is 0 Å². The van der Waals surface area contributed by atoms with Crippen LogP contribution in [0.15, 0.2) is 42.6 Å². The van der Waals surface area contributed by atoms with E-state index in [1.807, 2.05) is 18.2 Å². The molecule has 156 valence electrons. The summed E-state index contributed by atoms with van der Waals surface area (Å²) in [5.41, 5.74) is 3.08. The van der Waals surface area contributed by atoms with E-state index in [-0.39, 0.29) is 17.5 Å². The summed E-state index contributed by atoms with van der Waals surface area (Å²) in [5.74, 6) is 0.899. The molecular formula is C23H23F2N3OS. The highest BCUT2D eigenvalue weighted by Crippen LogP contribution is 2.28. The standard InChI is InChI=1S/C23H23F2N3OS/c24-20-6-5-17-12-16(20)4-2-1-3-8-29-19-11-15(7-9-30)10-18(13-19)27-23-26-14-21(25)22(17)28-23/h5-6,10-14,30H,1-4,7-9H2,(H,26,27,28). The van der Waals surface area contributed by atoms with Gasteiger partial charge in [-0.05, 0) is 79.3 Å². The Balaban J connectivity index is 1.76. The molecule has 0 atom stereocenters. The first-order chi connectivity index (χ1) is 14.6. The summed E-state index contributed by atoms with van der Waals surface area (Å²) in [4.78, 5) is 8.43. The Morgan fingerprint density at radius 3 is 2.80 bits per heavy atom. The van der Waals surface area contributed by atoms with Gasteiger partial charge in [0.2, 0.25) is 5.95 Å². The number of hydrogen-bond acceptors (Lipinski definition) is 5. The third-order valence-corrected chi connectivity index (χ3v) is 5.27. The Kier molecular flexibility index (Phi) is 6.47. The summed E-state index contributed by atoms with van der Waals surface area (Å²) in [5, 5.41) is 3.14. The predicted molar refractivity (Wildman–Crippen MR) is 118 cm³/mol. The number of nitrogens with zero attached hydrogens (tertiary/aromatic N) is 2. The maximum absolute atomic E-state index is 14.5. The van der Waals surface area contributed by atoms with Crippen LogP contribution < -0.4 is 10.1 Å². The molecule has 1 aromatic heterocycles. The molecule has 0 spiro atoms. The lowest BCUT2D eigenvalue weighted by molar-refractivity contribution is 0.305. The largest absolute Gasteiger partial charge is 0.494 e. The monoisotopic (exact) mass is 427 g/mol. The Bertz CT molecular complexity index is 1040. The van der Waals surface area contributed by atoms with Gasteiger partial charge in [-0.1, -0.05) is 0 Å². The van der Waals surface area contributed by atoms with Gasteiger partial charge in [0.1, 0.15) is 17.3 Å². The van der Waals surface area contributed by atoms with Crippen molar-refractivity contribution in [3.05, 3.63) is 65.4 Å². The second-order valence-corrected chi connectivity index (χ2v) is 7.77. The molecule has 1 aliphatic rings. The van der Waals surface area contributed by atoms with Crippen molar-refractivity contribution in [1.82, 2.24) is 9.97 Å². The van der Waals surface area contributed by atoms with E-state index in [1.54, 1.807) is 12.1 Å². The fourth-order valence-electron chi connectivity index (χ4n) is 3.55. The van der Waals surface area contributed by atoms with Gasteiger partial charge in [0.15, 0.2) is 5.82 Å². The van der Waals surface area contributed by atoms with Gasteiger partial charge in [-0.3, -0.25) is 0 Å². The normalized spacial score (nSPS) is 14.0. The Morgan fingerprint density at radius 2 is 1.93 bits per heavy atom. The summed E-state index contributed by atoms with van der Waals surface area (Å²) in [6, 6.07) is 10.5. The molecule has 0 saturated carbocycles. The highest BCUT2D eigenvalue weighted by Gasteiger charge is 2.14. The van der Waals surface area contributed by atoms with Crippen LogP contribution >= 0.6 is 12.6 Å². The molecule has 0 aliphatic carbocycles. The third-order valence-electron chi connectivity index (χ3n) is 5.05. The molecule has 4 rings (SSSR count). The zero-order valence-corrected chi connectivity index (χ0v) is 17.4. The number of nitrogens with one attached hydrogen (secondary N) is 1. The van der Waals surface area contributed by atoms with Gasteiger partial charge in [0.25, 0.3) is 0 Å². The minimum Gasteiger partial charge on any atom is -0.494 e. The van der Waals surface area contributed by atoms with E-state index in [4.69, 9.17) is 4.74 Å². The van der Waals surface area contributed by atoms with Crippen LogP contribution in [0.1, 0.15) is 30.4 Å². The van der Waals surface area contributed by atoms with Gasteiger partial charge in [0.05, 0.1) is 12.8 Å². The smallest absolute Gasteiger partial charge is 0.227 e. The zero-order chi connectivity index (χ0) is 20.9. The third kappa shape index (κ3) is 4.90. The van der Waals surface area contributed by atoms with Gasteiger partial charge in [-0.15, -0.1) is 0 Å². The van der Waals surface area contributed by atoms with Gasteiger partial charge in [-0.2, -0.15) is 12.6 Å². The maximum Gasteiger partial charge on any atom is 0.227 e. The lowest BCUT2D eigenvalue weighted by atomic mass is 10.0. The van der Waals surface area contributed by atoms with Crippen molar-refractivity contribution in [1.29, 1.82) is 0 Å². The highest BCUT2D eigenvalue weighted by molar-refractivity contribution is 7.80. The Hall–Kier alpha value is -2.67. The van der Waals surface area contributed by atoms with Crippen LogP contribution in [0.5, 0.6) is 5.75 Å². The van der Waals surface area contributed by atoms with Crippen molar-refractivity contribution in [3.63, 3.8) is 0 Å². The second kappa shape index (κ2) is 9.43. The molecule has 1 aliphatic heterocycles. The van der Waals surface area contributed by atoms with Gasteiger partial charge >= 0.3 is 0 Å². The number of aromatic nitrogens is 2. The summed E-state index contributed by atoms with van der Waals surface area (Å²) in [6.07, 6.45) is 5.12. The predicted octanol–water partition coefficient (Wildman–Crippen LogP) is 5.74. The minimum absolute atomic E-state index is 0.142. The molecule has 2 aromatic carbocycles.